The van der Waals surface area contributed by atoms with Gasteiger partial charge in [0.25, 0.3) is 0 Å². The van der Waals surface area contributed by atoms with Gasteiger partial charge < -0.3 is 10.2 Å². The van der Waals surface area contributed by atoms with E-state index < -0.39 is 0 Å². The molecule has 2 heteroatoms. The Balaban J connectivity index is 1.97. The molecule has 2 N–H and O–H groups in total. The van der Waals surface area contributed by atoms with Crippen LogP contribution in [0.2, 0.25) is 0 Å². The fourth-order valence-corrected chi connectivity index (χ4v) is 3.07. The van der Waals surface area contributed by atoms with Crippen molar-refractivity contribution in [2.75, 3.05) is 6.61 Å². The molecule has 0 bridgehead atoms. The number of aliphatic hydroxyl groups excluding tert-OH is 2. The zero-order valence-corrected chi connectivity index (χ0v) is 9.08. The second kappa shape index (κ2) is 3.82. The zero-order chi connectivity index (χ0) is 10.2. The highest BCUT2D eigenvalue weighted by Gasteiger charge is 2.46. The summed E-state index contributed by atoms with van der Waals surface area (Å²) in [6.45, 7) is 2.57. The third-order valence-corrected chi connectivity index (χ3v) is 4.48. The first kappa shape index (κ1) is 10.4. The minimum absolute atomic E-state index is 0.0756. The normalized spacial score (nSPS) is 37.9. The fraction of sp³-hybridized carbons (Fsp3) is 1.00. The first-order chi connectivity index (χ1) is 6.66. The fourth-order valence-electron chi connectivity index (χ4n) is 3.07. The third-order valence-electron chi connectivity index (χ3n) is 4.48. The summed E-state index contributed by atoms with van der Waals surface area (Å²) >= 11 is 0. The summed E-state index contributed by atoms with van der Waals surface area (Å²) in [6.07, 6.45) is 6.61. The molecule has 0 aliphatic heterocycles. The number of hydrogen-bond donors (Lipinski definition) is 2. The predicted molar refractivity (Wildman–Crippen MR) is 55.9 cm³/mol. The van der Waals surface area contributed by atoms with Gasteiger partial charge in [-0.05, 0) is 55.8 Å². The van der Waals surface area contributed by atoms with Gasteiger partial charge in [-0.3, -0.25) is 0 Å². The van der Waals surface area contributed by atoms with E-state index in [-0.39, 0.29) is 11.5 Å². The maximum atomic E-state index is 9.55. The topological polar surface area (TPSA) is 40.5 Å². The van der Waals surface area contributed by atoms with Crippen LogP contribution in [0.4, 0.5) is 0 Å². The Morgan fingerprint density at radius 3 is 1.79 bits per heavy atom. The van der Waals surface area contributed by atoms with Gasteiger partial charge in [-0.25, -0.2) is 0 Å². The van der Waals surface area contributed by atoms with Gasteiger partial charge in [0.1, 0.15) is 0 Å². The van der Waals surface area contributed by atoms with E-state index in [1.165, 1.54) is 12.8 Å². The second-order valence-corrected chi connectivity index (χ2v) is 5.44. The molecular weight excluding hydrogens is 176 g/mol. The molecule has 0 saturated heterocycles. The summed E-state index contributed by atoms with van der Waals surface area (Å²) in [5.74, 6) is 1.40. The van der Waals surface area contributed by atoms with E-state index in [9.17, 15) is 10.2 Å². The van der Waals surface area contributed by atoms with Crippen molar-refractivity contribution < 1.29 is 10.2 Å². The molecular formula is C12H22O2. The summed E-state index contributed by atoms with van der Waals surface area (Å²) in [6, 6.07) is 0. The maximum Gasteiger partial charge on any atom is 0.0540 e. The van der Waals surface area contributed by atoms with Crippen LogP contribution in [-0.4, -0.2) is 22.9 Å². The van der Waals surface area contributed by atoms with Crippen LogP contribution in [0.25, 0.3) is 0 Å². The van der Waals surface area contributed by atoms with E-state index in [0.717, 1.165) is 31.6 Å². The maximum absolute atomic E-state index is 9.55. The molecule has 0 radical (unpaired) electrons. The first-order valence-electron chi connectivity index (χ1n) is 5.95. The van der Waals surface area contributed by atoms with Crippen molar-refractivity contribution in [1.82, 2.24) is 0 Å². The van der Waals surface area contributed by atoms with Crippen LogP contribution in [0.1, 0.15) is 45.4 Å². The molecule has 2 nitrogen and oxygen atoms in total. The van der Waals surface area contributed by atoms with Gasteiger partial charge in [0.05, 0.1) is 6.10 Å². The lowest BCUT2D eigenvalue weighted by Gasteiger charge is -2.40. The molecule has 2 aliphatic rings. The van der Waals surface area contributed by atoms with Crippen LogP contribution in [0.3, 0.4) is 0 Å². The van der Waals surface area contributed by atoms with Gasteiger partial charge in [0.15, 0.2) is 0 Å². The molecule has 2 rings (SSSR count). The van der Waals surface area contributed by atoms with Crippen molar-refractivity contribution in [1.29, 1.82) is 0 Å². The molecule has 0 heterocycles. The molecule has 14 heavy (non-hydrogen) atoms. The second-order valence-electron chi connectivity index (χ2n) is 5.44. The Morgan fingerprint density at radius 2 is 1.43 bits per heavy atom. The minimum Gasteiger partial charge on any atom is -0.396 e. The largest absolute Gasteiger partial charge is 0.396 e. The van der Waals surface area contributed by atoms with Crippen molar-refractivity contribution in [3.63, 3.8) is 0 Å². The average Bonchev–Trinajstić information content (AvgIpc) is 3.01. The van der Waals surface area contributed by atoms with Crippen molar-refractivity contribution in [3.05, 3.63) is 0 Å². The number of hydrogen-bond acceptors (Lipinski definition) is 2. The van der Waals surface area contributed by atoms with Crippen molar-refractivity contribution in [3.8, 4) is 0 Å². The molecule has 0 aromatic heterocycles. The average molecular weight is 198 g/mol. The highest BCUT2D eigenvalue weighted by molar-refractivity contribution is 4.96. The molecule has 1 atom stereocenters. The molecule has 2 saturated carbocycles. The van der Waals surface area contributed by atoms with Crippen LogP contribution < -0.4 is 0 Å². The van der Waals surface area contributed by atoms with E-state index in [2.05, 4.69) is 6.92 Å². The summed E-state index contributed by atoms with van der Waals surface area (Å²) in [5, 5.41) is 19.0. The lowest BCUT2D eigenvalue weighted by molar-refractivity contribution is 0.00769. The summed E-state index contributed by atoms with van der Waals surface area (Å²) in [4.78, 5) is 0. The van der Waals surface area contributed by atoms with Crippen molar-refractivity contribution in [2.45, 2.75) is 51.6 Å². The van der Waals surface area contributed by atoms with E-state index in [1.54, 1.807) is 0 Å². The van der Waals surface area contributed by atoms with Gasteiger partial charge in [0, 0.05) is 6.61 Å². The summed E-state index contributed by atoms with van der Waals surface area (Å²) < 4.78 is 0. The number of aliphatic hydroxyl groups is 2. The highest BCUT2D eigenvalue weighted by Crippen LogP contribution is 2.53. The lowest BCUT2D eigenvalue weighted by Crippen LogP contribution is -2.36. The van der Waals surface area contributed by atoms with Crippen LogP contribution in [0.15, 0.2) is 0 Å². The van der Waals surface area contributed by atoms with Crippen molar-refractivity contribution >= 4 is 0 Å². The first-order valence-corrected chi connectivity index (χ1v) is 5.95. The molecule has 0 aromatic carbocycles. The molecule has 0 aromatic rings. The smallest absolute Gasteiger partial charge is 0.0540 e. The number of rotatable bonds is 3. The minimum atomic E-state index is -0.0756. The highest BCUT2D eigenvalue weighted by atomic mass is 16.3. The van der Waals surface area contributed by atoms with E-state index >= 15 is 0 Å². The Morgan fingerprint density at radius 1 is 1.00 bits per heavy atom. The Labute approximate surface area is 86.3 Å². The zero-order valence-electron chi connectivity index (χ0n) is 9.08. The van der Waals surface area contributed by atoms with Gasteiger partial charge in [-0.1, -0.05) is 6.92 Å². The van der Waals surface area contributed by atoms with Crippen LogP contribution >= 0.6 is 0 Å². The summed E-state index contributed by atoms with van der Waals surface area (Å²) in [7, 11) is 0. The van der Waals surface area contributed by atoms with Crippen molar-refractivity contribution in [2.24, 2.45) is 17.3 Å². The quantitative estimate of drug-likeness (QED) is 0.727. The van der Waals surface area contributed by atoms with Gasteiger partial charge >= 0.3 is 0 Å². The SMILES string of the molecule is CC(CO)(C1CCC(O)CC1)C1CC1. The Hall–Kier alpha value is -0.0800. The lowest BCUT2D eigenvalue weighted by atomic mass is 9.67. The standard InChI is InChI=1S/C12H22O2/c1-12(8-13,9-2-3-9)10-4-6-11(14)7-5-10/h9-11,13-14H,2-8H2,1H3. The van der Waals surface area contributed by atoms with E-state index in [1.807, 2.05) is 0 Å². The van der Waals surface area contributed by atoms with E-state index in [4.69, 9.17) is 0 Å². The van der Waals surface area contributed by atoms with Crippen LogP contribution in [0, 0.1) is 17.3 Å². The third kappa shape index (κ3) is 1.82. The molecule has 1 unspecified atom stereocenters. The van der Waals surface area contributed by atoms with Gasteiger partial charge in [-0.2, -0.15) is 0 Å². The monoisotopic (exact) mass is 198 g/mol. The Kier molecular flexibility index (Phi) is 2.85. The van der Waals surface area contributed by atoms with Gasteiger partial charge in [0.2, 0.25) is 0 Å². The van der Waals surface area contributed by atoms with Crippen LogP contribution in [0.5, 0.6) is 0 Å². The molecule has 82 valence electrons. The molecule has 2 aliphatic carbocycles. The van der Waals surface area contributed by atoms with Gasteiger partial charge in [-0.15, -0.1) is 0 Å². The molecule has 2 fully saturated rings. The van der Waals surface area contributed by atoms with E-state index in [0.29, 0.717) is 12.5 Å². The summed E-state index contributed by atoms with van der Waals surface area (Å²) in [5.41, 5.74) is 0.153. The molecule has 0 amide bonds. The molecule has 0 spiro atoms. The predicted octanol–water partition coefficient (Wildman–Crippen LogP) is 1.95. The van der Waals surface area contributed by atoms with Crippen LogP contribution in [-0.2, 0) is 0 Å². The Bertz CT molecular complexity index is 192.